The van der Waals surface area contributed by atoms with Gasteiger partial charge in [0, 0.05) is 24.7 Å². The zero-order valence-electron chi connectivity index (χ0n) is 14.2. The van der Waals surface area contributed by atoms with Crippen LogP contribution < -0.4 is 0 Å². The first-order chi connectivity index (χ1) is 12.2. The summed E-state index contributed by atoms with van der Waals surface area (Å²) in [6, 6.07) is 20.1. The minimum Gasteiger partial charge on any atom is -0.344 e. The number of thiocarbonyl (C=S) groups is 1. The second-order valence-electron chi connectivity index (χ2n) is 6.95. The van der Waals surface area contributed by atoms with E-state index in [1.54, 1.807) is 0 Å². The molecule has 0 unspecified atom stereocenters. The molecular formula is C21H22N2OS. The van der Waals surface area contributed by atoms with E-state index in [1.807, 2.05) is 53.4 Å². The van der Waals surface area contributed by atoms with Gasteiger partial charge in [0.25, 0.3) is 5.91 Å². The van der Waals surface area contributed by atoms with Gasteiger partial charge >= 0.3 is 0 Å². The molecule has 25 heavy (non-hydrogen) atoms. The van der Waals surface area contributed by atoms with Crippen molar-refractivity contribution in [1.82, 2.24) is 9.80 Å². The first-order valence-corrected chi connectivity index (χ1v) is 9.36. The van der Waals surface area contributed by atoms with Gasteiger partial charge in [-0.05, 0) is 48.7 Å². The van der Waals surface area contributed by atoms with Crippen molar-refractivity contribution in [3.05, 3.63) is 71.8 Å². The largest absolute Gasteiger partial charge is 0.344 e. The fourth-order valence-electron chi connectivity index (χ4n) is 4.12. The maximum atomic E-state index is 13.2. The summed E-state index contributed by atoms with van der Waals surface area (Å²) in [5, 5.41) is 0.681. The molecule has 1 saturated carbocycles. The van der Waals surface area contributed by atoms with E-state index in [0.29, 0.717) is 11.0 Å². The van der Waals surface area contributed by atoms with Crippen molar-refractivity contribution in [3.8, 4) is 0 Å². The predicted molar refractivity (Wildman–Crippen MR) is 103 cm³/mol. The van der Waals surface area contributed by atoms with Crippen molar-refractivity contribution >= 4 is 23.2 Å². The minimum absolute atomic E-state index is 0.0419. The van der Waals surface area contributed by atoms with Crippen molar-refractivity contribution in [2.24, 2.45) is 5.92 Å². The molecule has 2 aliphatic rings. The third-order valence-corrected chi connectivity index (χ3v) is 5.79. The van der Waals surface area contributed by atoms with Crippen molar-refractivity contribution in [2.75, 3.05) is 6.54 Å². The molecule has 0 radical (unpaired) electrons. The van der Waals surface area contributed by atoms with Crippen LogP contribution in [0.1, 0.15) is 35.2 Å². The van der Waals surface area contributed by atoms with E-state index in [2.05, 4.69) is 17.0 Å². The van der Waals surface area contributed by atoms with E-state index < -0.39 is 0 Å². The number of fused-ring (bicyclic) bond motifs is 1. The molecule has 2 fully saturated rings. The van der Waals surface area contributed by atoms with Gasteiger partial charge in [0.05, 0.1) is 0 Å². The van der Waals surface area contributed by atoms with E-state index >= 15 is 0 Å². The summed E-state index contributed by atoms with van der Waals surface area (Å²) >= 11 is 5.78. The Labute approximate surface area is 154 Å². The average Bonchev–Trinajstić information content (AvgIpc) is 3.11. The number of amides is 1. The Bertz CT molecular complexity index is 762. The molecule has 2 aromatic rings. The van der Waals surface area contributed by atoms with Crippen LogP contribution in [0.2, 0.25) is 0 Å². The average molecular weight is 350 g/mol. The molecule has 0 spiro atoms. The summed E-state index contributed by atoms with van der Waals surface area (Å²) < 4.78 is 0. The summed E-state index contributed by atoms with van der Waals surface area (Å²) in [7, 11) is 0. The van der Waals surface area contributed by atoms with Crippen LogP contribution in [-0.4, -0.2) is 33.4 Å². The van der Waals surface area contributed by atoms with Gasteiger partial charge in [-0.25, -0.2) is 0 Å². The zero-order valence-corrected chi connectivity index (χ0v) is 15.0. The molecule has 2 atom stereocenters. The number of benzene rings is 2. The van der Waals surface area contributed by atoms with Crippen LogP contribution in [0.15, 0.2) is 60.7 Å². The number of carbonyl (C=O) groups excluding carboxylic acids is 1. The maximum Gasteiger partial charge on any atom is 0.260 e. The molecule has 4 heteroatoms. The number of nitrogens with zero attached hydrogens (tertiary/aromatic N) is 2. The Morgan fingerprint density at radius 1 is 1.00 bits per heavy atom. The third-order valence-electron chi connectivity index (χ3n) is 5.34. The summed E-state index contributed by atoms with van der Waals surface area (Å²) in [4.78, 5) is 17.3. The molecule has 4 rings (SSSR count). The van der Waals surface area contributed by atoms with Gasteiger partial charge < -0.3 is 4.90 Å². The maximum absolute atomic E-state index is 13.2. The standard InChI is InChI=1S/C21H22N2OS/c24-20(17-10-5-2-6-11-17)23-19-13-7-12-18(19)15-22(21(23)25)14-16-8-3-1-4-9-16/h1-6,8-11,18-19H,7,12-15H2/t18-,19-/m0/s1. The summed E-state index contributed by atoms with van der Waals surface area (Å²) in [5.41, 5.74) is 1.95. The van der Waals surface area contributed by atoms with Gasteiger partial charge in [0.15, 0.2) is 5.11 Å². The fourth-order valence-corrected chi connectivity index (χ4v) is 4.48. The van der Waals surface area contributed by atoms with Gasteiger partial charge in [0.2, 0.25) is 0 Å². The van der Waals surface area contributed by atoms with Crippen LogP contribution in [0.25, 0.3) is 0 Å². The predicted octanol–water partition coefficient (Wildman–Crippen LogP) is 4.10. The molecule has 0 N–H and O–H groups in total. The Balaban J connectivity index is 1.62. The van der Waals surface area contributed by atoms with Gasteiger partial charge in [0.1, 0.15) is 0 Å². The van der Waals surface area contributed by atoms with E-state index in [4.69, 9.17) is 12.2 Å². The fraction of sp³-hybridized carbons (Fsp3) is 0.333. The lowest BCUT2D eigenvalue weighted by Gasteiger charge is -2.45. The number of carbonyl (C=O) groups is 1. The summed E-state index contributed by atoms with van der Waals surface area (Å²) in [6.45, 7) is 1.72. The lowest BCUT2D eigenvalue weighted by molar-refractivity contribution is 0.0684. The molecule has 1 saturated heterocycles. The molecule has 2 aromatic carbocycles. The lowest BCUT2D eigenvalue weighted by atomic mass is 9.97. The smallest absolute Gasteiger partial charge is 0.260 e. The quantitative estimate of drug-likeness (QED) is 0.779. The molecule has 0 aromatic heterocycles. The van der Waals surface area contributed by atoms with Crippen LogP contribution in [-0.2, 0) is 6.54 Å². The van der Waals surface area contributed by atoms with Gasteiger partial charge in [-0.15, -0.1) is 0 Å². The van der Waals surface area contributed by atoms with Crippen LogP contribution in [0.5, 0.6) is 0 Å². The minimum atomic E-state index is 0.0419. The molecule has 128 valence electrons. The highest BCUT2D eigenvalue weighted by molar-refractivity contribution is 7.80. The van der Waals surface area contributed by atoms with Crippen molar-refractivity contribution in [1.29, 1.82) is 0 Å². The van der Waals surface area contributed by atoms with E-state index in [9.17, 15) is 4.79 Å². The molecular weight excluding hydrogens is 328 g/mol. The van der Waals surface area contributed by atoms with Crippen LogP contribution in [0.3, 0.4) is 0 Å². The molecule has 0 bridgehead atoms. The Kier molecular flexibility index (Phi) is 4.53. The highest BCUT2D eigenvalue weighted by atomic mass is 32.1. The first kappa shape index (κ1) is 16.3. The Morgan fingerprint density at radius 2 is 1.68 bits per heavy atom. The Morgan fingerprint density at radius 3 is 2.40 bits per heavy atom. The van der Waals surface area contributed by atoms with Crippen LogP contribution in [0.4, 0.5) is 0 Å². The zero-order chi connectivity index (χ0) is 17.2. The second kappa shape index (κ2) is 6.96. The van der Waals surface area contributed by atoms with E-state index in [1.165, 1.54) is 18.4 Å². The number of hydrogen-bond acceptors (Lipinski definition) is 2. The van der Waals surface area contributed by atoms with E-state index in [-0.39, 0.29) is 11.9 Å². The Hall–Kier alpha value is -2.20. The molecule has 1 aliphatic heterocycles. The summed E-state index contributed by atoms with van der Waals surface area (Å²) in [6.07, 6.45) is 3.41. The number of hydrogen-bond donors (Lipinski definition) is 0. The molecule has 1 amide bonds. The van der Waals surface area contributed by atoms with Crippen LogP contribution >= 0.6 is 12.2 Å². The van der Waals surface area contributed by atoms with Crippen molar-refractivity contribution < 1.29 is 4.79 Å². The molecule has 1 heterocycles. The van der Waals surface area contributed by atoms with Gasteiger partial charge in [-0.2, -0.15) is 0 Å². The third kappa shape index (κ3) is 3.19. The topological polar surface area (TPSA) is 23.6 Å². The highest BCUT2D eigenvalue weighted by Gasteiger charge is 2.43. The van der Waals surface area contributed by atoms with Crippen molar-refractivity contribution in [3.63, 3.8) is 0 Å². The lowest BCUT2D eigenvalue weighted by Crippen LogP contribution is -2.58. The SMILES string of the molecule is O=C(c1ccccc1)N1C(=S)N(Cc2ccccc2)C[C@@H]2CCC[C@@H]21. The normalized spacial score (nSPS) is 22.8. The molecule has 1 aliphatic carbocycles. The number of rotatable bonds is 3. The van der Waals surface area contributed by atoms with Gasteiger partial charge in [-0.3, -0.25) is 9.69 Å². The van der Waals surface area contributed by atoms with Crippen molar-refractivity contribution in [2.45, 2.75) is 31.8 Å². The summed E-state index contributed by atoms with van der Waals surface area (Å²) in [5.74, 6) is 0.559. The first-order valence-electron chi connectivity index (χ1n) is 8.95. The monoisotopic (exact) mass is 350 g/mol. The van der Waals surface area contributed by atoms with Crippen LogP contribution in [0, 0.1) is 5.92 Å². The molecule has 3 nitrogen and oxygen atoms in total. The van der Waals surface area contributed by atoms with Gasteiger partial charge in [-0.1, -0.05) is 55.0 Å². The highest BCUT2D eigenvalue weighted by Crippen LogP contribution is 2.36. The second-order valence-corrected chi connectivity index (χ2v) is 7.31. The van der Waals surface area contributed by atoms with E-state index in [0.717, 1.165) is 25.1 Å².